The molecule has 6 nitrogen and oxygen atoms in total. The summed E-state index contributed by atoms with van der Waals surface area (Å²) >= 11 is 0. The van der Waals surface area contributed by atoms with E-state index in [1.165, 1.54) is 0 Å². The molecule has 1 heterocycles. The molecule has 0 N–H and O–H groups in total. The fraction of sp³-hybridized carbons (Fsp3) is 0.318. The third-order valence-electron chi connectivity index (χ3n) is 5.73. The van der Waals surface area contributed by atoms with E-state index in [4.69, 9.17) is 9.47 Å². The van der Waals surface area contributed by atoms with Crippen molar-refractivity contribution in [3.8, 4) is 5.75 Å². The number of nitrogens with zero attached hydrogens (tertiary/aromatic N) is 1. The maximum absolute atomic E-state index is 13.2. The normalized spacial score (nSPS) is 24.9. The first-order valence-corrected chi connectivity index (χ1v) is 9.31. The van der Waals surface area contributed by atoms with Gasteiger partial charge in [0.15, 0.2) is 5.41 Å². The first-order valence-electron chi connectivity index (χ1n) is 9.31. The number of anilines is 1. The van der Waals surface area contributed by atoms with E-state index in [1.54, 1.807) is 31.0 Å². The van der Waals surface area contributed by atoms with Gasteiger partial charge in [-0.25, -0.2) is 0 Å². The van der Waals surface area contributed by atoms with Gasteiger partial charge in [0.2, 0.25) is 5.91 Å². The highest BCUT2D eigenvalue weighted by Crippen LogP contribution is 2.62. The molecule has 1 aliphatic carbocycles. The maximum atomic E-state index is 13.2. The quantitative estimate of drug-likeness (QED) is 0.464. The van der Waals surface area contributed by atoms with Crippen LogP contribution in [-0.4, -0.2) is 31.5 Å². The van der Waals surface area contributed by atoms with Crippen LogP contribution in [0.3, 0.4) is 0 Å². The predicted molar refractivity (Wildman–Crippen MR) is 102 cm³/mol. The maximum Gasteiger partial charge on any atom is 0.329 e. The van der Waals surface area contributed by atoms with E-state index >= 15 is 0 Å². The summed E-state index contributed by atoms with van der Waals surface area (Å²) < 4.78 is 10.6. The molecule has 1 amide bonds. The molecule has 0 aromatic heterocycles. The molecule has 0 unspecified atom stereocenters. The van der Waals surface area contributed by atoms with Crippen LogP contribution < -0.4 is 9.64 Å². The van der Waals surface area contributed by atoms with Gasteiger partial charge >= 0.3 is 11.9 Å². The molecule has 0 saturated heterocycles. The molecule has 3 atom stereocenters. The molecule has 144 valence electrons. The number of carbonyl (C=O) groups excluding carboxylic acids is 3. The van der Waals surface area contributed by atoms with E-state index in [9.17, 15) is 14.4 Å². The molecule has 2 aromatic rings. The number of carbonyl (C=O) groups is 3. The Kier molecular flexibility index (Phi) is 4.41. The molecule has 4 rings (SSSR count). The van der Waals surface area contributed by atoms with Crippen LogP contribution in [0.5, 0.6) is 5.75 Å². The van der Waals surface area contributed by atoms with E-state index in [2.05, 4.69) is 0 Å². The van der Waals surface area contributed by atoms with Gasteiger partial charge in [-0.15, -0.1) is 0 Å². The van der Waals surface area contributed by atoms with Crippen LogP contribution in [-0.2, 0) is 19.1 Å². The van der Waals surface area contributed by atoms with Gasteiger partial charge in [-0.3, -0.25) is 14.4 Å². The number of hydrogen-bond acceptors (Lipinski definition) is 5. The Bertz CT molecular complexity index is 941. The zero-order chi connectivity index (χ0) is 19.9. The Hall–Kier alpha value is -3.15. The van der Waals surface area contributed by atoms with E-state index < -0.39 is 29.2 Å². The van der Waals surface area contributed by atoms with Crippen LogP contribution in [0.1, 0.15) is 24.8 Å². The summed E-state index contributed by atoms with van der Waals surface area (Å²) in [6.07, 6.45) is 0.0830. The highest BCUT2D eigenvalue weighted by atomic mass is 16.6. The second-order valence-electron chi connectivity index (χ2n) is 7.14. The van der Waals surface area contributed by atoms with Crippen LogP contribution in [0.4, 0.5) is 5.69 Å². The van der Waals surface area contributed by atoms with Crippen molar-refractivity contribution < 1.29 is 23.9 Å². The van der Waals surface area contributed by atoms with Gasteiger partial charge in [-0.05, 0) is 31.5 Å². The topological polar surface area (TPSA) is 72.9 Å². The minimum atomic E-state index is -1.46. The molecular weight excluding hydrogens is 358 g/mol. The third-order valence-corrected chi connectivity index (χ3v) is 5.73. The number of ether oxygens (including phenoxy) is 2. The van der Waals surface area contributed by atoms with Crippen molar-refractivity contribution in [3.05, 3.63) is 60.2 Å². The zero-order valence-electron chi connectivity index (χ0n) is 15.8. The lowest BCUT2D eigenvalue weighted by Gasteiger charge is -2.53. The Labute approximate surface area is 163 Å². The van der Waals surface area contributed by atoms with E-state index in [-0.39, 0.29) is 18.9 Å². The first kappa shape index (κ1) is 18.2. The van der Waals surface area contributed by atoms with E-state index in [0.29, 0.717) is 11.3 Å². The SMILES string of the molecule is CCOC(=O)[C@]12C[C@@H](C(=O)N(C)c3ccccc3)[C@H]1c1ccccc1OC2=O. The minimum Gasteiger partial charge on any atom is -0.465 e. The van der Waals surface area contributed by atoms with E-state index in [1.807, 2.05) is 42.5 Å². The lowest BCUT2D eigenvalue weighted by molar-refractivity contribution is -0.185. The number of amides is 1. The van der Waals surface area contributed by atoms with Gasteiger partial charge in [0.25, 0.3) is 0 Å². The molecule has 1 fully saturated rings. The Morgan fingerprint density at radius 2 is 1.82 bits per heavy atom. The largest absolute Gasteiger partial charge is 0.465 e. The number of benzene rings is 2. The van der Waals surface area contributed by atoms with Gasteiger partial charge in [0, 0.05) is 30.1 Å². The summed E-state index contributed by atoms with van der Waals surface area (Å²) in [5, 5.41) is 0. The number of rotatable bonds is 4. The van der Waals surface area contributed by atoms with Crippen molar-refractivity contribution in [2.45, 2.75) is 19.3 Å². The van der Waals surface area contributed by atoms with Gasteiger partial charge in [0.1, 0.15) is 5.75 Å². The summed E-state index contributed by atoms with van der Waals surface area (Å²) in [6, 6.07) is 16.3. The van der Waals surface area contributed by atoms with Gasteiger partial charge in [-0.1, -0.05) is 36.4 Å². The van der Waals surface area contributed by atoms with Crippen LogP contribution >= 0.6 is 0 Å². The van der Waals surface area contributed by atoms with Crippen LogP contribution in [0.25, 0.3) is 0 Å². The number of para-hydroxylation sites is 2. The second kappa shape index (κ2) is 6.78. The fourth-order valence-corrected chi connectivity index (χ4v) is 4.30. The second-order valence-corrected chi connectivity index (χ2v) is 7.14. The van der Waals surface area contributed by atoms with Crippen LogP contribution in [0.2, 0.25) is 0 Å². The molecule has 2 aromatic carbocycles. The molecule has 0 bridgehead atoms. The van der Waals surface area contributed by atoms with Crippen molar-refractivity contribution in [3.63, 3.8) is 0 Å². The molecule has 28 heavy (non-hydrogen) atoms. The predicted octanol–water partition coefficient (Wildman–Crippen LogP) is 2.92. The average Bonchev–Trinajstić information content (AvgIpc) is 2.68. The third kappa shape index (κ3) is 2.52. The molecule has 1 aliphatic heterocycles. The number of esters is 2. The van der Waals surface area contributed by atoms with Gasteiger partial charge in [-0.2, -0.15) is 0 Å². The Morgan fingerprint density at radius 3 is 2.54 bits per heavy atom. The van der Waals surface area contributed by atoms with Crippen molar-refractivity contribution in [1.82, 2.24) is 0 Å². The lowest BCUT2D eigenvalue weighted by Crippen LogP contribution is -2.63. The molecular formula is C22H21NO5. The Morgan fingerprint density at radius 1 is 1.14 bits per heavy atom. The summed E-state index contributed by atoms with van der Waals surface area (Å²) in [7, 11) is 1.70. The minimum absolute atomic E-state index is 0.0830. The lowest BCUT2D eigenvalue weighted by atomic mass is 9.50. The summed E-state index contributed by atoms with van der Waals surface area (Å²) in [4.78, 5) is 40.4. The number of fused-ring (bicyclic) bond motifs is 3. The van der Waals surface area contributed by atoms with Crippen LogP contribution in [0, 0.1) is 11.3 Å². The summed E-state index contributed by atoms with van der Waals surface area (Å²) in [6.45, 7) is 1.85. The van der Waals surface area contributed by atoms with Crippen molar-refractivity contribution in [2.24, 2.45) is 11.3 Å². The average molecular weight is 379 g/mol. The number of hydrogen-bond donors (Lipinski definition) is 0. The molecule has 6 heteroatoms. The molecule has 0 spiro atoms. The van der Waals surface area contributed by atoms with Crippen molar-refractivity contribution >= 4 is 23.5 Å². The smallest absolute Gasteiger partial charge is 0.329 e. The standard InChI is InChI=1S/C22H21NO5/c1-3-27-20(25)22-13-16(19(24)23(2)14-9-5-4-6-10-14)18(22)15-11-7-8-12-17(15)28-21(22)26/h4-12,16,18H,3,13H2,1-2H3/t16-,18-,22+/m1/s1. The van der Waals surface area contributed by atoms with Crippen LogP contribution in [0.15, 0.2) is 54.6 Å². The van der Waals surface area contributed by atoms with Crippen molar-refractivity contribution in [1.29, 1.82) is 0 Å². The van der Waals surface area contributed by atoms with E-state index in [0.717, 1.165) is 5.69 Å². The highest BCUT2D eigenvalue weighted by Gasteiger charge is 2.70. The highest BCUT2D eigenvalue weighted by molar-refractivity contribution is 6.08. The first-order chi connectivity index (χ1) is 13.5. The molecule has 2 aliphatic rings. The fourth-order valence-electron chi connectivity index (χ4n) is 4.30. The summed E-state index contributed by atoms with van der Waals surface area (Å²) in [5.74, 6) is -2.10. The monoisotopic (exact) mass is 379 g/mol. The Balaban J connectivity index is 1.73. The van der Waals surface area contributed by atoms with Gasteiger partial charge in [0.05, 0.1) is 6.61 Å². The molecule has 0 radical (unpaired) electrons. The zero-order valence-corrected chi connectivity index (χ0v) is 15.8. The molecule has 1 saturated carbocycles. The van der Waals surface area contributed by atoms with Gasteiger partial charge < -0.3 is 14.4 Å². The van der Waals surface area contributed by atoms with Crippen molar-refractivity contribution in [2.75, 3.05) is 18.6 Å². The summed E-state index contributed by atoms with van der Waals surface area (Å²) in [5.41, 5.74) is -0.00334.